The number of fused-ring (bicyclic) bond motifs is 8. The molecule has 3 fully saturated rings. The molecule has 3 saturated heterocycles. The molecule has 0 radical (unpaired) electrons. The maximum absolute atomic E-state index is 17.0. The Balaban J connectivity index is 1.29. The van der Waals surface area contributed by atoms with E-state index in [-0.39, 0.29) is 42.3 Å². The van der Waals surface area contributed by atoms with Gasteiger partial charge in [0.1, 0.15) is 29.8 Å². The van der Waals surface area contributed by atoms with Crippen molar-refractivity contribution < 1.29 is 23.0 Å². The lowest BCUT2D eigenvalue weighted by Gasteiger charge is -2.34. The Bertz CT molecular complexity index is 1800. The summed E-state index contributed by atoms with van der Waals surface area (Å²) >= 11 is 0. The summed E-state index contributed by atoms with van der Waals surface area (Å²) in [6.07, 6.45) is 7.94. The van der Waals surface area contributed by atoms with Crippen molar-refractivity contribution in [2.45, 2.75) is 70.0 Å². The van der Waals surface area contributed by atoms with Crippen molar-refractivity contribution in [1.29, 1.82) is 0 Å². The van der Waals surface area contributed by atoms with Crippen LogP contribution in [-0.4, -0.2) is 87.1 Å². The summed E-state index contributed by atoms with van der Waals surface area (Å²) in [5.74, 6) is -0.138. The van der Waals surface area contributed by atoms with Crippen molar-refractivity contribution >= 4 is 33.6 Å². The minimum atomic E-state index is -0.889. The second-order valence-corrected chi connectivity index (χ2v) is 13.2. The fraction of sp³-hybridized carbons (Fsp3) is 0.545. The van der Waals surface area contributed by atoms with Crippen LogP contribution < -0.4 is 9.64 Å². The summed E-state index contributed by atoms with van der Waals surface area (Å²) in [4.78, 5) is 31.3. The first-order valence-corrected chi connectivity index (χ1v) is 16.1. The molecular formula is C33H37F2N7O3. The molecule has 6 bridgehead atoms. The Hall–Kier alpha value is -3.93. The van der Waals surface area contributed by atoms with Crippen molar-refractivity contribution in [2.75, 3.05) is 44.3 Å². The van der Waals surface area contributed by atoms with Crippen LogP contribution >= 0.6 is 0 Å². The molecule has 1 aromatic carbocycles. The molecule has 5 aliphatic rings. The second-order valence-electron chi connectivity index (χ2n) is 13.2. The zero-order valence-electron chi connectivity index (χ0n) is 25.5. The predicted octanol–water partition coefficient (Wildman–Crippen LogP) is 5.07. The maximum atomic E-state index is 17.0. The van der Waals surface area contributed by atoms with Crippen LogP contribution in [0.3, 0.4) is 0 Å². The molecule has 3 aromatic heterocycles. The third-order valence-corrected chi connectivity index (χ3v) is 10.3. The number of H-pyrrole nitrogens is 1. The first kappa shape index (κ1) is 28.5. The number of aromatic amines is 1. The van der Waals surface area contributed by atoms with Crippen LogP contribution in [0, 0.1) is 18.7 Å². The van der Waals surface area contributed by atoms with Crippen LogP contribution in [0.5, 0.6) is 6.01 Å². The SMILES string of the molecule is Cc1cc2[nH]ncc2c2c1CCCOC(=O)C[C@@H]1CCCN(C1)c1nc(OC[C@@]34CCCN3C[C@H](F)C4)nc3c(F)c-2ncc13. The highest BCUT2D eigenvalue weighted by Gasteiger charge is 2.49. The van der Waals surface area contributed by atoms with Gasteiger partial charge in [-0.05, 0) is 75.1 Å². The third-order valence-electron chi connectivity index (χ3n) is 10.3. The van der Waals surface area contributed by atoms with E-state index in [4.69, 9.17) is 19.4 Å². The number of hydrogen-bond acceptors (Lipinski definition) is 9. The van der Waals surface area contributed by atoms with E-state index in [0.717, 1.165) is 54.3 Å². The summed E-state index contributed by atoms with van der Waals surface area (Å²) < 4.78 is 43.4. The number of aromatic nitrogens is 5. The molecule has 12 heteroatoms. The van der Waals surface area contributed by atoms with Gasteiger partial charge in [0.15, 0.2) is 5.82 Å². The van der Waals surface area contributed by atoms with Gasteiger partial charge in [-0.1, -0.05) is 0 Å². The Morgan fingerprint density at radius 3 is 2.98 bits per heavy atom. The monoisotopic (exact) mass is 617 g/mol. The summed E-state index contributed by atoms with van der Waals surface area (Å²) in [7, 11) is 0. The van der Waals surface area contributed by atoms with E-state index in [9.17, 15) is 9.18 Å². The van der Waals surface area contributed by atoms with Gasteiger partial charge in [-0.2, -0.15) is 15.1 Å². The zero-order chi connectivity index (χ0) is 30.7. The van der Waals surface area contributed by atoms with E-state index in [0.29, 0.717) is 62.1 Å². The number of piperidine rings is 1. The van der Waals surface area contributed by atoms with Gasteiger partial charge in [0.25, 0.3) is 0 Å². The number of carbonyl (C=O) groups excluding carboxylic acids is 1. The minimum absolute atomic E-state index is 0.0673. The standard InChI is InChI=1S/C33H37F2N7O3/c1-19-11-25-23(15-37-40-25)27-22(19)6-3-10-44-26(43)12-20-5-2-8-41(16-20)31-24-14-36-30(27)28(35)29(24)38-32(39-31)45-18-33-7-4-9-42(33)17-21(34)13-33/h11,14-15,20-21H,2-10,12-13,16-18H2,1H3,(H,37,40)/t20-,21+,33-/m0/s1. The van der Waals surface area contributed by atoms with Crippen molar-refractivity contribution in [3.05, 3.63) is 35.4 Å². The molecule has 1 N–H and O–H groups in total. The fourth-order valence-corrected chi connectivity index (χ4v) is 8.16. The van der Waals surface area contributed by atoms with Gasteiger partial charge in [-0.15, -0.1) is 0 Å². The van der Waals surface area contributed by atoms with E-state index in [1.54, 1.807) is 12.4 Å². The lowest BCUT2D eigenvalue weighted by molar-refractivity contribution is -0.144. The van der Waals surface area contributed by atoms with Crippen LogP contribution in [0.1, 0.15) is 56.1 Å². The number of benzene rings is 1. The Labute approximate surface area is 259 Å². The van der Waals surface area contributed by atoms with E-state index in [1.807, 2.05) is 13.0 Å². The smallest absolute Gasteiger partial charge is 0.319 e. The first-order valence-electron chi connectivity index (χ1n) is 16.1. The van der Waals surface area contributed by atoms with E-state index >= 15 is 4.39 Å². The second kappa shape index (κ2) is 11.1. The number of aryl methyl sites for hydroxylation is 1. The number of ether oxygens (including phenoxy) is 2. The average molecular weight is 618 g/mol. The van der Waals surface area contributed by atoms with Crippen LogP contribution in [0.15, 0.2) is 18.5 Å². The molecule has 10 nitrogen and oxygen atoms in total. The molecule has 9 rings (SSSR count). The van der Waals surface area contributed by atoms with Crippen LogP contribution in [0.4, 0.5) is 14.6 Å². The first-order chi connectivity index (χ1) is 21.9. The van der Waals surface area contributed by atoms with E-state index in [2.05, 4.69) is 25.0 Å². The normalized spacial score (nSPS) is 25.7. The zero-order valence-corrected chi connectivity index (χ0v) is 25.5. The molecule has 3 atom stereocenters. The lowest BCUT2D eigenvalue weighted by Crippen LogP contribution is -2.43. The molecule has 0 aliphatic carbocycles. The largest absolute Gasteiger partial charge is 0.466 e. The van der Waals surface area contributed by atoms with E-state index in [1.165, 1.54) is 0 Å². The molecule has 5 aliphatic heterocycles. The molecule has 4 aromatic rings. The number of pyridine rings is 1. The number of carbonyl (C=O) groups is 1. The number of anilines is 1. The molecule has 0 saturated carbocycles. The van der Waals surface area contributed by atoms with Crippen molar-refractivity contribution in [1.82, 2.24) is 30.0 Å². The number of alkyl halides is 1. The quantitative estimate of drug-likeness (QED) is 0.315. The topological polar surface area (TPSA) is 109 Å². The van der Waals surface area contributed by atoms with Gasteiger partial charge < -0.3 is 14.4 Å². The molecule has 236 valence electrons. The third kappa shape index (κ3) is 4.97. The highest BCUT2D eigenvalue weighted by Crippen LogP contribution is 2.42. The summed E-state index contributed by atoms with van der Waals surface area (Å²) in [5.41, 5.74) is 3.24. The molecule has 0 spiro atoms. The minimum Gasteiger partial charge on any atom is -0.466 e. The Kier molecular flexibility index (Phi) is 7.07. The maximum Gasteiger partial charge on any atom is 0.319 e. The van der Waals surface area contributed by atoms with Crippen molar-refractivity contribution in [2.24, 2.45) is 5.92 Å². The van der Waals surface area contributed by atoms with E-state index < -0.39 is 17.5 Å². The van der Waals surface area contributed by atoms with Gasteiger partial charge in [-0.3, -0.25) is 19.8 Å². The average Bonchev–Trinajstić information content (AvgIpc) is 3.72. The molecule has 0 amide bonds. The number of nitrogens with one attached hydrogen (secondary N) is 1. The number of hydrogen-bond donors (Lipinski definition) is 1. The fourth-order valence-electron chi connectivity index (χ4n) is 8.16. The van der Waals surface area contributed by atoms with Crippen LogP contribution in [-0.2, 0) is 16.0 Å². The van der Waals surface area contributed by atoms with Gasteiger partial charge >= 0.3 is 12.0 Å². The van der Waals surface area contributed by atoms with Gasteiger partial charge in [0, 0.05) is 43.2 Å². The number of halogens is 2. The number of nitrogens with zero attached hydrogens (tertiary/aromatic N) is 6. The van der Waals surface area contributed by atoms with Gasteiger partial charge in [0.05, 0.1) is 35.7 Å². The lowest BCUT2D eigenvalue weighted by atomic mass is 9.91. The number of rotatable bonds is 3. The van der Waals surface area contributed by atoms with Crippen LogP contribution in [0.2, 0.25) is 0 Å². The summed E-state index contributed by atoms with van der Waals surface area (Å²) in [5, 5.41) is 8.50. The Morgan fingerprint density at radius 1 is 1.16 bits per heavy atom. The van der Waals surface area contributed by atoms with Gasteiger partial charge in [-0.25, -0.2) is 8.78 Å². The van der Waals surface area contributed by atoms with Crippen molar-refractivity contribution in [3.63, 3.8) is 0 Å². The predicted molar refractivity (Wildman–Crippen MR) is 164 cm³/mol. The molecule has 0 unspecified atom stereocenters. The van der Waals surface area contributed by atoms with Crippen molar-refractivity contribution in [3.8, 4) is 17.3 Å². The Morgan fingerprint density at radius 2 is 2.07 bits per heavy atom. The van der Waals surface area contributed by atoms with Crippen LogP contribution in [0.25, 0.3) is 33.1 Å². The highest BCUT2D eigenvalue weighted by molar-refractivity contribution is 5.99. The molecule has 8 heterocycles. The molecule has 45 heavy (non-hydrogen) atoms. The van der Waals surface area contributed by atoms with Gasteiger partial charge in [0.2, 0.25) is 0 Å². The summed E-state index contributed by atoms with van der Waals surface area (Å²) in [6, 6.07) is 2.07. The summed E-state index contributed by atoms with van der Waals surface area (Å²) in [6.45, 7) is 5.04. The highest BCUT2D eigenvalue weighted by atomic mass is 19.1. The number of esters is 1. The molecular weight excluding hydrogens is 580 g/mol.